The summed E-state index contributed by atoms with van der Waals surface area (Å²) >= 11 is 0. The molecule has 0 aromatic heterocycles. The molecule has 8 heteroatoms. The van der Waals surface area contributed by atoms with Crippen molar-refractivity contribution < 1.29 is 22.7 Å². The van der Waals surface area contributed by atoms with Crippen molar-refractivity contribution in [3.05, 3.63) is 0 Å². The molecule has 1 fully saturated rings. The quantitative estimate of drug-likeness (QED) is 0.645. The number of carbonyl (C=O) groups excluding carboxylic acids is 1. The van der Waals surface area contributed by atoms with Crippen LogP contribution in [0.3, 0.4) is 0 Å². The van der Waals surface area contributed by atoms with Crippen LogP contribution >= 0.6 is 0 Å². The number of amides is 1. The number of nitrogens with one attached hydrogen (secondary N) is 2. The minimum Gasteiger partial charge on any atom is -0.362 e. The maximum atomic E-state index is 11.8. The topological polar surface area (TPSA) is 53.6 Å². The molecule has 1 amide bonds. The van der Waals surface area contributed by atoms with E-state index in [0.717, 1.165) is 39.1 Å². The molecular weight excluding hydrogens is 263 g/mol. The first-order valence-corrected chi connectivity index (χ1v) is 6.31. The van der Waals surface area contributed by atoms with E-state index in [1.807, 2.05) is 0 Å². The van der Waals surface area contributed by atoms with E-state index in [4.69, 9.17) is 0 Å². The third-order valence-electron chi connectivity index (χ3n) is 2.68. The van der Waals surface area contributed by atoms with Crippen LogP contribution in [0.1, 0.15) is 6.42 Å². The SMILES string of the molecule is O=C(COCC(F)(F)F)NCCCN1CCNCC1. The maximum Gasteiger partial charge on any atom is 0.411 e. The van der Waals surface area contributed by atoms with E-state index in [0.29, 0.717) is 6.54 Å². The van der Waals surface area contributed by atoms with Gasteiger partial charge in [0.05, 0.1) is 0 Å². The number of ether oxygens (including phenoxy) is 1. The molecule has 0 aromatic rings. The summed E-state index contributed by atoms with van der Waals surface area (Å²) in [7, 11) is 0. The zero-order valence-electron chi connectivity index (χ0n) is 10.8. The Labute approximate surface area is 110 Å². The van der Waals surface area contributed by atoms with Gasteiger partial charge in [0, 0.05) is 32.7 Å². The number of halogens is 3. The fourth-order valence-corrected chi connectivity index (χ4v) is 1.78. The van der Waals surface area contributed by atoms with E-state index in [1.54, 1.807) is 0 Å². The average Bonchev–Trinajstić information content (AvgIpc) is 2.34. The highest BCUT2D eigenvalue weighted by molar-refractivity contribution is 5.77. The Balaban J connectivity index is 1.95. The van der Waals surface area contributed by atoms with Crippen LogP contribution in [0, 0.1) is 0 Å². The number of rotatable bonds is 7. The smallest absolute Gasteiger partial charge is 0.362 e. The fraction of sp³-hybridized carbons (Fsp3) is 0.909. The molecule has 0 bridgehead atoms. The highest BCUT2D eigenvalue weighted by Crippen LogP contribution is 2.13. The summed E-state index contributed by atoms with van der Waals surface area (Å²) in [6.45, 7) is 3.32. The van der Waals surface area contributed by atoms with Crippen LogP contribution in [-0.2, 0) is 9.53 Å². The van der Waals surface area contributed by atoms with Crippen molar-refractivity contribution in [1.29, 1.82) is 0 Å². The zero-order chi connectivity index (χ0) is 14.1. The van der Waals surface area contributed by atoms with Gasteiger partial charge in [0.15, 0.2) is 0 Å². The van der Waals surface area contributed by atoms with Crippen LogP contribution in [0.2, 0.25) is 0 Å². The van der Waals surface area contributed by atoms with Gasteiger partial charge in [-0.15, -0.1) is 0 Å². The molecule has 1 saturated heterocycles. The van der Waals surface area contributed by atoms with Gasteiger partial charge in [-0.3, -0.25) is 4.79 Å². The van der Waals surface area contributed by atoms with Gasteiger partial charge in [-0.2, -0.15) is 13.2 Å². The first-order valence-electron chi connectivity index (χ1n) is 6.31. The lowest BCUT2D eigenvalue weighted by atomic mass is 10.3. The predicted molar refractivity (Wildman–Crippen MR) is 63.8 cm³/mol. The van der Waals surface area contributed by atoms with Crippen molar-refractivity contribution in [1.82, 2.24) is 15.5 Å². The van der Waals surface area contributed by atoms with Crippen LogP contribution < -0.4 is 10.6 Å². The van der Waals surface area contributed by atoms with Gasteiger partial charge in [0.2, 0.25) is 5.91 Å². The summed E-state index contributed by atoms with van der Waals surface area (Å²) in [6.07, 6.45) is -3.60. The molecule has 112 valence electrons. The van der Waals surface area contributed by atoms with Gasteiger partial charge in [-0.25, -0.2) is 0 Å². The van der Waals surface area contributed by atoms with Crippen LogP contribution in [-0.4, -0.2) is 69.5 Å². The Kier molecular flexibility index (Phi) is 7.11. The third kappa shape index (κ3) is 8.79. The summed E-state index contributed by atoms with van der Waals surface area (Å²) in [5.74, 6) is -0.510. The van der Waals surface area contributed by atoms with Crippen LogP contribution in [0.15, 0.2) is 0 Å². The predicted octanol–water partition coefficient (Wildman–Crippen LogP) is -0.0232. The summed E-state index contributed by atoms with van der Waals surface area (Å²) in [5.41, 5.74) is 0. The first-order chi connectivity index (χ1) is 8.97. The van der Waals surface area contributed by atoms with E-state index in [-0.39, 0.29) is 0 Å². The summed E-state index contributed by atoms with van der Waals surface area (Å²) < 4.78 is 39.5. The second kappa shape index (κ2) is 8.34. The number of carbonyl (C=O) groups is 1. The molecule has 0 saturated carbocycles. The lowest BCUT2D eigenvalue weighted by Crippen LogP contribution is -2.44. The standard InChI is InChI=1S/C11H20F3N3O2/c12-11(13,14)9-19-8-10(18)16-2-1-5-17-6-3-15-4-7-17/h15H,1-9H2,(H,16,18). The van der Waals surface area contributed by atoms with Gasteiger partial charge >= 0.3 is 6.18 Å². The molecular formula is C11H20F3N3O2. The highest BCUT2D eigenvalue weighted by Gasteiger charge is 2.27. The highest BCUT2D eigenvalue weighted by atomic mass is 19.4. The summed E-state index contributed by atoms with van der Waals surface area (Å²) in [6, 6.07) is 0. The van der Waals surface area contributed by atoms with Crippen LogP contribution in [0.25, 0.3) is 0 Å². The van der Waals surface area contributed by atoms with Gasteiger partial charge in [-0.05, 0) is 13.0 Å². The molecule has 1 heterocycles. The molecule has 0 atom stereocenters. The first kappa shape index (κ1) is 16.2. The minimum absolute atomic E-state index is 0.456. The number of alkyl halides is 3. The molecule has 0 radical (unpaired) electrons. The van der Waals surface area contributed by atoms with Crippen molar-refractivity contribution >= 4 is 5.91 Å². The van der Waals surface area contributed by atoms with E-state index < -0.39 is 25.3 Å². The summed E-state index contributed by atoms with van der Waals surface area (Å²) in [4.78, 5) is 13.4. The van der Waals surface area contributed by atoms with Gasteiger partial charge in [0.25, 0.3) is 0 Å². The Morgan fingerprint density at radius 2 is 2.00 bits per heavy atom. The normalized spacial score (nSPS) is 17.4. The Hall–Kier alpha value is -0.860. The molecule has 5 nitrogen and oxygen atoms in total. The van der Waals surface area contributed by atoms with Crippen molar-refractivity contribution in [3.63, 3.8) is 0 Å². The van der Waals surface area contributed by atoms with E-state index in [9.17, 15) is 18.0 Å². The third-order valence-corrected chi connectivity index (χ3v) is 2.68. The monoisotopic (exact) mass is 283 g/mol. The van der Waals surface area contributed by atoms with Gasteiger partial charge < -0.3 is 20.3 Å². The lowest BCUT2D eigenvalue weighted by molar-refractivity contribution is -0.175. The van der Waals surface area contributed by atoms with Crippen LogP contribution in [0.4, 0.5) is 13.2 Å². The zero-order valence-corrected chi connectivity index (χ0v) is 10.8. The molecule has 1 aliphatic rings. The van der Waals surface area contributed by atoms with Gasteiger partial charge in [0.1, 0.15) is 13.2 Å². The Morgan fingerprint density at radius 3 is 2.63 bits per heavy atom. The second-order valence-electron chi connectivity index (χ2n) is 4.40. The molecule has 0 aromatic carbocycles. The number of hydrogen-bond acceptors (Lipinski definition) is 4. The Bertz CT molecular complexity index is 268. The van der Waals surface area contributed by atoms with E-state index in [1.165, 1.54) is 0 Å². The number of nitrogens with zero attached hydrogens (tertiary/aromatic N) is 1. The molecule has 19 heavy (non-hydrogen) atoms. The number of piperazine rings is 1. The van der Waals surface area contributed by atoms with E-state index >= 15 is 0 Å². The average molecular weight is 283 g/mol. The van der Waals surface area contributed by atoms with Crippen molar-refractivity contribution in [2.75, 3.05) is 52.5 Å². The van der Waals surface area contributed by atoms with Gasteiger partial charge in [-0.1, -0.05) is 0 Å². The molecule has 2 N–H and O–H groups in total. The minimum atomic E-state index is -4.39. The molecule has 1 aliphatic heterocycles. The maximum absolute atomic E-state index is 11.8. The van der Waals surface area contributed by atoms with Crippen molar-refractivity contribution in [3.8, 4) is 0 Å². The summed E-state index contributed by atoms with van der Waals surface area (Å²) in [5, 5.41) is 5.77. The second-order valence-corrected chi connectivity index (χ2v) is 4.40. The molecule has 0 unspecified atom stereocenters. The van der Waals surface area contributed by atoms with Crippen molar-refractivity contribution in [2.45, 2.75) is 12.6 Å². The Morgan fingerprint density at radius 1 is 1.32 bits per heavy atom. The number of hydrogen-bond donors (Lipinski definition) is 2. The molecule has 0 aliphatic carbocycles. The molecule has 1 rings (SSSR count). The van der Waals surface area contributed by atoms with Crippen molar-refractivity contribution in [2.24, 2.45) is 0 Å². The van der Waals surface area contributed by atoms with E-state index in [2.05, 4.69) is 20.3 Å². The van der Waals surface area contributed by atoms with Crippen LogP contribution in [0.5, 0.6) is 0 Å². The largest absolute Gasteiger partial charge is 0.411 e. The lowest BCUT2D eigenvalue weighted by Gasteiger charge is -2.27. The fourth-order valence-electron chi connectivity index (χ4n) is 1.78. The molecule has 0 spiro atoms.